The van der Waals surface area contributed by atoms with Crippen molar-refractivity contribution in [2.24, 2.45) is 5.11 Å². The average molecular weight is 372 g/mol. The summed E-state index contributed by atoms with van der Waals surface area (Å²) < 4.78 is 16.2. The number of hydrogen-bond acceptors (Lipinski definition) is 6. The predicted molar refractivity (Wildman–Crippen MR) is 98.6 cm³/mol. The first-order chi connectivity index (χ1) is 13.1. The molecule has 0 bridgehead atoms. The maximum absolute atomic E-state index is 12.2. The Morgan fingerprint density at radius 3 is 2.63 bits per heavy atom. The van der Waals surface area contributed by atoms with Gasteiger partial charge in [-0.05, 0) is 41.8 Å². The lowest BCUT2D eigenvalue weighted by Gasteiger charge is -2.19. The summed E-state index contributed by atoms with van der Waals surface area (Å²) in [5.41, 5.74) is 8.94. The number of nitrogens with zero attached hydrogens (tertiary/aromatic N) is 4. The number of rotatable bonds is 8. The van der Waals surface area contributed by atoms with Gasteiger partial charge in [0.15, 0.2) is 11.5 Å². The van der Waals surface area contributed by atoms with E-state index in [2.05, 4.69) is 10.0 Å². The second-order valence-corrected chi connectivity index (χ2v) is 5.41. The zero-order valence-electron chi connectivity index (χ0n) is 15.1. The van der Waals surface area contributed by atoms with E-state index in [0.717, 1.165) is 0 Å². The quantitative estimate of drug-likeness (QED) is 0.229. The molecule has 0 saturated carbocycles. The fourth-order valence-corrected chi connectivity index (χ4v) is 2.44. The summed E-state index contributed by atoms with van der Waals surface area (Å²) in [6.07, 6.45) is 6.68. The molecule has 9 heteroatoms. The fraction of sp³-hybridized carbons (Fsp3) is 0.333. The molecule has 142 valence electrons. The zero-order chi connectivity index (χ0) is 19.6. The molecule has 0 fully saturated rings. The molecule has 0 saturated heterocycles. The van der Waals surface area contributed by atoms with E-state index in [1.165, 1.54) is 31.3 Å². The minimum absolute atomic E-state index is 0.162. The topological polar surface area (TPSA) is 114 Å². The van der Waals surface area contributed by atoms with E-state index in [9.17, 15) is 9.59 Å². The van der Waals surface area contributed by atoms with Crippen molar-refractivity contribution in [2.75, 3.05) is 33.9 Å². The van der Waals surface area contributed by atoms with Crippen molar-refractivity contribution in [3.8, 4) is 17.2 Å². The van der Waals surface area contributed by atoms with Crippen LogP contribution in [0.4, 0.5) is 0 Å². The highest BCUT2D eigenvalue weighted by molar-refractivity contribution is 6.06. The van der Waals surface area contributed by atoms with E-state index in [-0.39, 0.29) is 19.1 Å². The molecule has 27 heavy (non-hydrogen) atoms. The van der Waals surface area contributed by atoms with Crippen LogP contribution in [0.2, 0.25) is 0 Å². The second-order valence-electron chi connectivity index (χ2n) is 5.41. The van der Waals surface area contributed by atoms with Gasteiger partial charge in [-0.25, -0.2) is 0 Å². The Morgan fingerprint density at radius 1 is 1.33 bits per heavy atom. The molecule has 1 aliphatic rings. The van der Waals surface area contributed by atoms with E-state index in [1.807, 2.05) is 0 Å². The SMILES string of the molecule is COc1cc(/C=C/C(=O)N2CCC=CC2=O)cc(OC)c1OCCN=[N+]=[N-]. The Morgan fingerprint density at radius 2 is 2.04 bits per heavy atom. The summed E-state index contributed by atoms with van der Waals surface area (Å²) in [6, 6.07) is 3.35. The summed E-state index contributed by atoms with van der Waals surface area (Å²) in [7, 11) is 2.96. The molecule has 1 aliphatic heterocycles. The van der Waals surface area contributed by atoms with E-state index in [0.29, 0.717) is 35.8 Å². The van der Waals surface area contributed by atoms with Crippen LogP contribution >= 0.6 is 0 Å². The number of azide groups is 1. The van der Waals surface area contributed by atoms with Crippen LogP contribution in [-0.2, 0) is 9.59 Å². The van der Waals surface area contributed by atoms with Gasteiger partial charge in [-0.1, -0.05) is 11.2 Å². The molecule has 0 atom stereocenters. The maximum atomic E-state index is 12.2. The number of ether oxygens (including phenoxy) is 3. The molecule has 2 amide bonds. The molecule has 0 aromatic heterocycles. The van der Waals surface area contributed by atoms with E-state index < -0.39 is 5.91 Å². The normalized spacial score (nSPS) is 13.4. The standard InChI is InChI=1S/C18H20N4O5/c1-25-14-11-13(6-7-17(24)22-9-4-3-5-16(22)23)12-15(26-2)18(14)27-10-8-20-21-19/h3,5-7,11-12H,4,8-10H2,1-2H3/b7-6+. The molecule has 0 N–H and O–H groups in total. The molecule has 1 heterocycles. The molecule has 1 aromatic rings. The second kappa shape index (κ2) is 9.88. The van der Waals surface area contributed by atoms with Crippen LogP contribution in [0.15, 0.2) is 35.5 Å². The molecular weight excluding hydrogens is 352 g/mol. The summed E-state index contributed by atoms with van der Waals surface area (Å²) >= 11 is 0. The lowest BCUT2D eigenvalue weighted by molar-refractivity contribution is -0.139. The Bertz CT molecular complexity index is 787. The van der Waals surface area contributed by atoms with Crippen LogP contribution < -0.4 is 14.2 Å². The Kier molecular flexibility index (Phi) is 7.27. The number of methoxy groups -OCH3 is 2. The van der Waals surface area contributed by atoms with Crippen LogP contribution in [0, 0.1) is 0 Å². The van der Waals surface area contributed by atoms with Gasteiger partial charge in [0.25, 0.3) is 11.8 Å². The highest BCUT2D eigenvalue weighted by Crippen LogP contribution is 2.38. The van der Waals surface area contributed by atoms with Gasteiger partial charge in [0.2, 0.25) is 5.75 Å². The molecule has 0 aliphatic carbocycles. The third-order valence-corrected chi connectivity index (χ3v) is 3.71. The van der Waals surface area contributed by atoms with E-state index in [1.54, 1.807) is 24.3 Å². The van der Waals surface area contributed by atoms with Gasteiger partial charge >= 0.3 is 0 Å². The minimum Gasteiger partial charge on any atom is -0.493 e. The lowest BCUT2D eigenvalue weighted by atomic mass is 10.1. The number of hydrogen-bond donors (Lipinski definition) is 0. The minimum atomic E-state index is -0.392. The Balaban J connectivity index is 2.19. The molecular formula is C18H20N4O5. The van der Waals surface area contributed by atoms with E-state index >= 15 is 0 Å². The van der Waals surface area contributed by atoms with Gasteiger partial charge in [-0.15, -0.1) is 0 Å². The van der Waals surface area contributed by atoms with Gasteiger partial charge in [0.1, 0.15) is 0 Å². The van der Waals surface area contributed by atoms with Gasteiger partial charge in [-0.2, -0.15) is 0 Å². The van der Waals surface area contributed by atoms with Crippen LogP contribution in [0.1, 0.15) is 12.0 Å². The smallest absolute Gasteiger partial charge is 0.253 e. The molecule has 0 spiro atoms. The van der Waals surface area contributed by atoms with Gasteiger partial charge < -0.3 is 14.2 Å². The van der Waals surface area contributed by atoms with Gasteiger partial charge in [0.05, 0.1) is 27.4 Å². The molecule has 0 unspecified atom stereocenters. The molecule has 0 radical (unpaired) electrons. The number of imide groups is 1. The maximum Gasteiger partial charge on any atom is 0.253 e. The number of carbonyl (C=O) groups is 2. The third kappa shape index (κ3) is 5.26. The Labute approximate surface area is 156 Å². The zero-order valence-corrected chi connectivity index (χ0v) is 15.1. The fourth-order valence-electron chi connectivity index (χ4n) is 2.44. The largest absolute Gasteiger partial charge is 0.493 e. The predicted octanol–water partition coefficient (Wildman–Crippen LogP) is 2.72. The van der Waals surface area contributed by atoms with Crippen LogP contribution in [-0.4, -0.2) is 50.6 Å². The first-order valence-corrected chi connectivity index (χ1v) is 8.20. The first-order valence-electron chi connectivity index (χ1n) is 8.20. The summed E-state index contributed by atoms with van der Waals surface area (Å²) in [6.45, 7) is 0.690. The third-order valence-electron chi connectivity index (χ3n) is 3.71. The highest BCUT2D eigenvalue weighted by atomic mass is 16.5. The van der Waals surface area contributed by atoms with Crippen LogP contribution in [0.25, 0.3) is 16.5 Å². The Hall–Kier alpha value is -3.45. The molecule has 2 rings (SSSR count). The average Bonchev–Trinajstić information content (AvgIpc) is 2.69. The van der Waals surface area contributed by atoms with Crippen LogP contribution in [0.5, 0.6) is 17.2 Å². The summed E-state index contributed by atoms with van der Waals surface area (Å²) in [5.74, 6) is 0.457. The number of amides is 2. The first kappa shape index (κ1) is 19.9. The van der Waals surface area contributed by atoms with Crippen molar-refractivity contribution >= 4 is 17.9 Å². The van der Waals surface area contributed by atoms with Crippen molar-refractivity contribution < 1.29 is 23.8 Å². The summed E-state index contributed by atoms with van der Waals surface area (Å²) in [5, 5.41) is 3.40. The molecule has 1 aromatic carbocycles. The van der Waals surface area contributed by atoms with Gasteiger partial charge in [0, 0.05) is 17.5 Å². The van der Waals surface area contributed by atoms with Crippen molar-refractivity contribution in [1.29, 1.82) is 0 Å². The van der Waals surface area contributed by atoms with E-state index in [4.69, 9.17) is 19.7 Å². The summed E-state index contributed by atoms with van der Waals surface area (Å²) in [4.78, 5) is 27.8. The molecule has 9 nitrogen and oxygen atoms in total. The van der Waals surface area contributed by atoms with Gasteiger partial charge in [-0.3, -0.25) is 14.5 Å². The highest BCUT2D eigenvalue weighted by Gasteiger charge is 2.19. The number of carbonyl (C=O) groups excluding carboxylic acids is 2. The van der Waals surface area contributed by atoms with Crippen molar-refractivity contribution in [3.05, 3.63) is 46.4 Å². The number of benzene rings is 1. The van der Waals surface area contributed by atoms with Crippen molar-refractivity contribution in [2.45, 2.75) is 6.42 Å². The van der Waals surface area contributed by atoms with Crippen LogP contribution in [0.3, 0.4) is 0 Å². The van der Waals surface area contributed by atoms with Crippen molar-refractivity contribution in [3.63, 3.8) is 0 Å². The lowest BCUT2D eigenvalue weighted by Crippen LogP contribution is -2.37. The monoisotopic (exact) mass is 372 g/mol. The van der Waals surface area contributed by atoms with Crippen molar-refractivity contribution in [1.82, 2.24) is 4.90 Å².